The highest BCUT2D eigenvalue weighted by molar-refractivity contribution is 7.90. The van der Waals surface area contributed by atoms with Gasteiger partial charge in [-0.25, -0.2) is 28.2 Å². The van der Waals surface area contributed by atoms with Crippen LogP contribution in [0.3, 0.4) is 0 Å². The second kappa shape index (κ2) is 26.0. The molecule has 0 unspecified atom stereocenters. The quantitative estimate of drug-likeness (QED) is 0.0180. The van der Waals surface area contributed by atoms with Crippen LogP contribution >= 0.6 is 0 Å². The monoisotopic (exact) mass is 1100 g/mol. The molecule has 0 saturated carbocycles. The number of sulfone groups is 1. The summed E-state index contributed by atoms with van der Waals surface area (Å²) in [6.07, 6.45) is 8.48. The molecule has 3 aliphatic rings. The SMILES string of the molecule is CC[C@@]1(O)C(=O)OCc2c1cc1n(c2=O)Cc2c-1nc1cc3c(cc1c2CCCCOCNC(=O)CNC(=O)[C@H](CCCCN(C)C)NC(=O)[C@@H](NC(=O)CCCCCNC(=O)c1cnc(S(C)(=O)=O)nc1)C(C)C)OCO3. The van der Waals surface area contributed by atoms with Crippen molar-refractivity contribution >= 4 is 56.2 Å². The topological polar surface area (TPSA) is 318 Å². The molecule has 422 valence electrons. The predicted octanol–water partition coefficient (Wildman–Crippen LogP) is 1.88. The Morgan fingerprint density at radius 1 is 0.872 bits per heavy atom. The Morgan fingerprint density at radius 3 is 2.32 bits per heavy atom. The van der Waals surface area contributed by atoms with Crippen LogP contribution in [-0.2, 0) is 68.5 Å². The number of benzene rings is 1. The molecule has 0 fully saturated rings. The molecule has 3 aromatic heterocycles. The van der Waals surface area contributed by atoms with E-state index in [-0.39, 0.29) is 85.3 Å². The number of rotatable bonds is 28. The third-order valence-electron chi connectivity index (χ3n) is 13.9. The fourth-order valence-corrected chi connectivity index (χ4v) is 9.99. The number of hydrogen-bond donors (Lipinski definition) is 6. The summed E-state index contributed by atoms with van der Waals surface area (Å²) in [5.74, 6) is -2.41. The van der Waals surface area contributed by atoms with Crippen LogP contribution in [0.1, 0.15) is 118 Å². The summed E-state index contributed by atoms with van der Waals surface area (Å²) in [6, 6.07) is 3.45. The fourth-order valence-electron chi connectivity index (χ4n) is 9.50. The number of aromatic nitrogens is 4. The maximum atomic E-state index is 13.9. The van der Waals surface area contributed by atoms with Gasteiger partial charge in [-0.05, 0) is 102 Å². The molecular weight excluding hydrogens is 1030 g/mol. The van der Waals surface area contributed by atoms with Crippen LogP contribution in [0.2, 0.25) is 0 Å². The first-order valence-electron chi connectivity index (χ1n) is 26.3. The number of unbranched alkanes of at least 4 members (excludes halogenated alkanes) is 4. The van der Waals surface area contributed by atoms with Crippen LogP contribution in [-0.4, -0.2) is 146 Å². The Bertz CT molecular complexity index is 3080. The van der Waals surface area contributed by atoms with E-state index in [2.05, 4.69) is 36.6 Å². The van der Waals surface area contributed by atoms with Crippen molar-refractivity contribution < 1.29 is 61.2 Å². The lowest BCUT2D eigenvalue weighted by molar-refractivity contribution is -0.172. The van der Waals surface area contributed by atoms with Crippen LogP contribution in [0.5, 0.6) is 11.5 Å². The first-order valence-corrected chi connectivity index (χ1v) is 28.2. The van der Waals surface area contributed by atoms with Gasteiger partial charge in [0.2, 0.25) is 45.4 Å². The molecule has 1 aromatic carbocycles. The molecule has 0 aliphatic carbocycles. The summed E-state index contributed by atoms with van der Waals surface area (Å²) in [5, 5.41) is 25.4. The zero-order valence-electron chi connectivity index (χ0n) is 45.0. The summed E-state index contributed by atoms with van der Waals surface area (Å²) in [4.78, 5) is 107. The molecule has 0 spiro atoms. The molecule has 24 nitrogen and oxygen atoms in total. The molecule has 0 bridgehead atoms. The predicted molar refractivity (Wildman–Crippen MR) is 283 cm³/mol. The number of ether oxygens (including phenoxy) is 4. The number of nitrogens with one attached hydrogen (secondary N) is 5. The maximum Gasteiger partial charge on any atom is 0.343 e. The van der Waals surface area contributed by atoms with Crippen molar-refractivity contribution in [3.05, 3.63) is 68.8 Å². The first kappa shape index (κ1) is 58.6. The molecule has 6 heterocycles. The Hall–Kier alpha value is -7.09. The van der Waals surface area contributed by atoms with Gasteiger partial charge in [0, 0.05) is 60.8 Å². The number of aryl methyl sites for hydroxylation is 1. The van der Waals surface area contributed by atoms with Gasteiger partial charge in [0.25, 0.3) is 11.5 Å². The molecule has 0 radical (unpaired) electrons. The smallest absolute Gasteiger partial charge is 0.343 e. The molecule has 25 heteroatoms. The van der Waals surface area contributed by atoms with Crippen LogP contribution in [0, 0.1) is 5.92 Å². The third-order valence-corrected chi connectivity index (χ3v) is 14.8. The lowest BCUT2D eigenvalue weighted by Crippen LogP contribution is -2.56. The van der Waals surface area contributed by atoms with Gasteiger partial charge in [-0.2, -0.15) is 0 Å². The van der Waals surface area contributed by atoms with Gasteiger partial charge in [-0.3, -0.25) is 28.8 Å². The van der Waals surface area contributed by atoms with Crippen LogP contribution in [0.15, 0.2) is 40.5 Å². The van der Waals surface area contributed by atoms with E-state index in [4.69, 9.17) is 23.9 Å². The van der Waals surface area contributed by atoms with Crippen molar-refractivity contribution in [2.45, 2.75) is 127 Å². The number of hydrogen-bond acceptors (Lipinski definition) is 18. The lowest BCUT2D eigenvalue weighted by Gasteiger charge is -2.31. The number of carbonyl (C=O) groups excluding carboxylic acids is 6. The minimum Gasteiger partial charge on any atom is -0.458 e. The van der Waals surface area contributed by atoms with Crippen LogP contribution in [0.4, 0.5) is 0 Å². The van der Waals surface area contributed by atoms with Crippen molar-refractivity contribution in [3.8, 4) is 22.9 Å². The Kier molecular flexibility index (Phi) is 19.6. The van der Waals surface area contributed by atoms with E-state index in [1.807, 2.05) is 25.1 Å². The molecule has 3 atom stereocenters. The normalized spacial score (nSPS) is 16.0. The van der Waals surface area contributed by atoms with Crippen molar-refractivity contribution in [1.82, 2.24) is 51.0 Å². The number of cyclic esters (lactones) is 1. The van der Waals surface area contributed by atoms with E-state index >= 15 is 0 Å². The first-order chi connectivity index (χ1) is 37.2. The average Bonchev–Trinajstić information content (AvgIpc) is 4.06. The van der Waals surface area contributed by atoms with E-state index in [1.54, 1.807) is 37.5 Å². The zero-order valence-corrected chi connectivity index (χ0v) is 45.8. The molecule has 0 saturated heterocycles. The highest BCUT2D eigenvalue weighted by atomic mass is 32.2. The minimum absolute atomic E-state index is 0.0228. The molecule has 6 N–H and O–H groups in total. The highest BCUT2D eigenvalue weighted by Crippen LogP contribution is 2.43. The molecular formula is C53H70N10O14S. The molecule has 78 heavy (non-hydrogen) atoms. The lowest BCUT2D eigenvalue weighted by atomic mass is 9.86. The molecule has 4 aromatic rings. The summed E-state index contributed by atoms with van der Waals surface area (Å²) >= 11 is 0. The van der Waals surface area contributed by atoms with Gasteiger partial charge in [0.05, 0.1) is 41.1 Å². The number of pyridine rings is 2. The van der Waals surface area contributed by atoms with Gasteiger partial charge in [0.15, 0.2) is 17.1 Å². The standard InChI is InChI=1S/C53H70N10O14S/c1-7-53(71)37-22-40-46-35(27-63(40)50(69)36(37)28-75-51(53)70)33(34-21-41-42(77-30-76-41)23-39(34)59-46)15-11-14-20-74-29-58-44(65)26-55-48(67)38(16-10-13-19-62(4)5)60-49(68)45(31(2)3)61-43(64)17-9-8-12-18-54-47(66)32-24-56-52(57-25-32)78(6,72)73/h21-25,31,38,45,71H,7-20,26-30H2,1-6H3,(H,54,66)(H,55,67)(H,58,65)(H,60,68)(H,61,64)/t38-,45-,53-/m0/s1. The average molecular weight is 1100 g/mol. The van der Waals surface area contributed by atoms with Gasteiger partial charge in [-0.15, -0.1) is 0 Å². The van der Waals surface area contributed by atoms with E-state index in [0.717, 1.165) is 48.1 Å². The largest absolute Gasteiger partial charge is 0.458 e. The van der Waals surface area contributed by atoms with Crippen molar-refractivity contribution in [3.63, 3.8) is 0 Å². The highest BCUT2D eigenvalue weighted by Gasteiger charge is 2.45. The summed E-state index contributed by atoms with van der Waals surface area (Å²) in [7, 11) is 0.269. The van der Waals surface area contributed by atoms with Crippen LogP contribution in [0.25, 0.3) is 22.3 Å². The molecule has 5 amide bonds. The number of carbonyl (C=O) groups is 6. The number of fused-ring (bicyclic) bond motifs is 6. The van der Waals surface area contributed by atoms with E-state index in [9.17, 15) is 47.1 Å². The fraction of sp³-hybridized carbons (Fsp3) is 0.547. The number of aliphatic hydroxyl groups is 1. The van der Waals surface area contributed by atoms with Gasteiger partial charge < -0.3 is 60.1 Å². The summed E-state index contributed by atoms with van der Waals surface area (Å²) < 4.78 is 47.1. The van der Waals surface area contributed by atoms with Crippen molar-refractivity contribution in [2.24, 2.45) is 5.92 Å². The molecule has 3 aliphatic heterocycles. The maximum absolute atomic E-state index is 13.9. The van der Waals surface area contributed by atoms with Gasteiger partial charge >= 0.3 is 5.97 Å². The second-order valence-electron chi connectivity index (χ2n) is 20.3. The van der Waals surface area contributed by atoms with E-state index in [0.29, 0.717) is 92.9 Å². The second-order valence-corrected chi connectivity index (χ2v) is 22.2. The summed E-state index contributed by atoms with van der Waals surface area (Å²) in [5.41, 5.74) is 1.74. The van der Waals surface area contributed by atoms with Crippen LogP contribution < -0.4 is 41.6 Å². The Morgan fingerprint density at radius 2 is 1.62 bits per heavy atom. The van der Waals surface area contributed by atoms with Gasteiger partial charge in [-0.1, -0.05) is 27.2 Å². The van der Waals surface area contributed by atoms with Gasteiger partial charge in [0.1, 0.15) is 25.4 Å². The number of esters is 1. The van der Waals surface area contributed by atoms with Crippen molar-refractivity contribution in [2.75, 3.05) is 60.1 Å². The Labute approximate surface area is 452 Å². The van der Waals surface area contributed by atoms with Crippen molar-refractivity contribution in [1.29, 1.82) is 0 Å². The minimum atomic E-state index is -3.60. The Balaban J connectivity index is 0.860. The zero-order chi connectivity index (χ0) is 56.3. The third kappa shape index (κ3) is 14.1. The number of nitrogens with zero attached hydrogens (tertiary/aromatic N) is 5. The summed E-state index contributed by atoms with van der Waals surface area (Å²) in [6.45, 7) is 6.13. The number of amides is 5. The van der Waals surface area contributed by atoms with E-state index < -0.39 is 57.1 Å². The molecule has 7 rings (SSSR count). The van der Waals surface area contributed by atoms with E-state index in [1.165, 1.54) is 0 Å².